The number of hydrogen-bond donors (Lipinski definition) is 1. The molecular weight excluding hydrogens is 266 g/mol. The SMILES string of the molecule is CC(C)CC1CN=C(NCc2ccc(F)cc2F)S1. The zero-order valence-electron chi connectivity index (χ0n) is 11.1. The molecule has 0 saturated carbocycles. The molecule has 2 nitrogen and oxygen atoms in total. The molecule has 1 unspecified atom stereocenters. The number of amidine groups is 1. The van der Waals surface area contributed by atoms with Crippen LogP contribution >= 0.6 is 11.8 Å². The highest BCUT2D eigenvalue weighted by atomic mass is 32.2. The van der Waals surface area contributed by atoms with Crippen molar-refractivity contribution in [2.24, 2.45) is 10.9 Å². The molecule has 1 aromatic rings. The number of benzene rings is 1. The lowest BCUT2D eigenvalue weighted by Gasteiger charge is -2.11. The summed E-state index contributed by atoms with van der Waals surface area (Å²) >= 11 is 1.71. The van der Waals surface area contributed by atoms with Gasteiger partial charge in [0.2, 0.25) is 0 Å². The number of thioether (sulfide) groups is 1. The van der Waals surface area contributed by atoms with E-state index in [1.54, 1.807) is 11.8 Å². The van der Waals surface area contributed by atoms with Gasteiger partial charge in [-0.3, -0.25) is 4.99 Å². The molecule has 1 N–H and O–H groups in total. The summed E-state index contributed by atoms with van der Waals surface area (Å²) in [5, 5.41) is 4.48. The third kappa shape index (κ3) is 4.20. The van der Waals surface area contributed by atoms with Crippen molar-refractivity contribution in [3.63, 3.8) is 0 Å². The number of nitrogens with zero attached hydrogens (tertiary/aromatic N) is 1. The fraction of sp³-hybridized carbons (Fsp3) is 0.500. The predicted molar refractivity (Wildman–Crippen MR) is 76.3 cm³/mol. The van der Waals surface area contributed by atoms with Crippen molar-refractivity contribution in [1.82, 2.24) is 5.32 Å². The van der Waals surface area contributed by atoms with Gasteiger partial charge < -0.3 is 5.32 Å². The van der Waals surface area contributed by atoms with Gasteiger partial charge in [0, 0.05) is 23.4 Å². The van der Waals surface area contributed by atoms with Gasteiger partial charge in [0.1, 0.15) is 11.6 Å². The third-order valence-electron chi connectivity index (χ3n) is 2.90. The first-order valence-corrected chi connectivity index (χ1v) is 7.31. The average molecular weight is 284 g/mol. The molecule has 19 heavy (non-hydrogen) atoms. The summed E-state index contributed by atoms with van der Waals surface area (Å²) in [5.74, 6) is -0.415. The smallest absolute Gasteiger partial charge is 0.157 e. The first-order valence-electron chi connectivity index (χ1n) is 6.43. The second-order valence-corrected chi connectivity index (χ2v) is 6.39. The van der Waals surface area contributed by atoms with Crippen LogP contribution < -0.4 is 5.32 Å². The Kier molecular flexibility index (Phi) is 4.80. The minimum Gasteiger partial charge on any atom is -0.361 e. The highest BCUT2D eigenvalue weighted by molar-refractivity contribution is 8.14. The molecule has 0 aromatic heterocycles. The van der Waals surface area contributed by atoms with Gasteiger partial charge in [-0.05, 0) is 18.4 Å². The highest BCUT2D eigenvalue weighted by Crippen LogP contribution is 2.25. The second-order valence-electron chi connectivity index (χ2n) is 5.10. The van der Waals surface area contributed by atoms with E-state index >= 15 is 0 Å². The van der Waals surface area contributed by atoms with Gasteiger partial charge in [0.05, 0.1) is 6.54 Å². The lowest BCUT2D eigenvalue weighted by molar-refractivity contribution is 0.570. The molecule has 0 fully saturated rings. The van der Waals surface area contributed by atoms with Gasteiger partial charge >= 0.3 is 0 Å². The largest absolute Gasteiger partial charge is 0.361 e. The van der Waals surface area contributed by atoms with Gasteiger partial charge in [-0.15, -0.1) is 0 Å². The summed E-state index contributed by atoms with van der Waals surface area (Å²) in [6.45, 7) is 5.54. The normalized spacial score (nSPS) is 18.8. The summed E-state index contributed by atoms with van der Waals surface area (Å²) < 4.78 is 26.2. The van der Waals surface area contributed by atoms with Crippen molar-refractivity contribution >= 4 is 16.9 Å². The maximum Gasteiger partial charge on any atom is 0.157 e. The van der Waals surface area contributed by atoms with Crippen LogP contribution in [-0.2, 0) is 6.54 Å². The van der Waals surface area contributed by atoms with Crippen LogP contribution in [-0.4, -0.2) is 17.0 Å². The third-order valence-corrected chi connectivity index (χ3v) is 4.07. The van der Waals surface area contributed by atoms with Crippen LogP contribution in [0.15, 0.2) is 23.2 Å². The second kappa shape index (κ2) is 6.37. The number of hydrogen-bond acceptors (Lipinski definition) is 3. The molecule has 0 spiro atoms. The van der Waals surface area contributed by atoms with E-state index in [2.05, 4.69) is 24.2 Å². The van der Waals surface area contributed by atoms with E-state index in [9.17, 15) is 8.78 Å². The molecule has 0 bridgehead atoms. The number of halogens is 2. The van der Waals surface area contributed by atoms with Crippen LogP contribution in [0.5, 0.6) is 0 Å². The Labute approximate surface area is 116 Å². The van der Waals surface area contributed by atoms with Crippen molar-refractivity contribution in [2.75, 3.05) is 6.54 Å². The summed E-state index contributed by atoms with van der Waals surface area (Å²) in [6.07, 6.45) is 1.13. The minimum atomic E-state index is -0.550. The molecule has 0 amide bonds. The first-order chi connectivity index (χ1) is 9.04. The zero-order valence-corrected chi connectivity index (χ0v) is 11.9. The molecule has 1 aliphatic rings. The zero-order chi connectivity index (χ0) is 13.8. The molecule has 1 heterocycles. The number of nitrogens with one attached hydrogen (secondary N) is 1. The van der Waals surface area contributed by atoms with Crippen LogP contribution in [0.1, 0.15) is 25.8 Å². The summed E-state index contributed by atoms with van der Waals surface area (Å²) in [6, 6.07) is 3.64. The Balaban J connectivity index is 1.83. The molecule has 1 aromatic carbocycles. The Hall–Kier alpha value is -1.10. The van der Waals surface area contributed by atoms with E-state index in [1.807, 2.05) is 0 Å². The van der Waals surface area contributed by atoms with Gasteiger partial charge in [-0.25, -0.2) is 8.78 Å². The van der Waals surface area contributed by atoms with E-state index in [0.717, 1.165) is 24.2 Å². The van der Waals surface area contributed by atoms with E-state index < -0.39 is 11.6 Å². The molecule has 2 rings (SSSR count). The number of rotatable bonds is 4. The van der Waals surface area contributed by atoms with Crippen molar-refractivity contribution < 1.29 is 8.78 Å². The van der Waals surface area contributed by atoms with Crippen molar-refractivity contribution in [3.05, 3.63) is 35.4 Å². The van der Waals surface area contributed by atoms with Gasteiger partial charge in [-0.2, -0.15) is 0 Å². The quantitative estimate of drug-likeness (QED) is 0.914. The van der Waals surface area contributed by atoms with E-state index in [4.69, 9.17) is 0 Å². The first kappa shape index (κ1) is 14.3. The van der Waals surface area contributed by atoms with Crippen LogP contribution in [0, 0.1) is 17.6 Å². The van der Waals surface area contributed by atoms with Crippen molar-refractivity contribution in [3.8, 4) is 0 Å². The van der Waals surface area contributed by atoms with Gasteiger partial charge in [-0.1, -0.05) is 31.7 Å². The standard InChI is InChI=1S/C14H18F2N2S/c1-9(2)5-12-8-18-14(19-12)17-7-10-3-4-11(15)6-13(10)16/h3-4,6,9,12H,5,7-8H2,1-2H3,(H,17,18). The lowest BCUT2D eigenvalue weighted by atomic mass is 10.1. The van der Waals surface area contributed by atoms with E-state index in [0.29, 0.717) is 23.3 Å². The van der Waals surface area contributed by atoms with Crippen LogP contribution in [0.4, 0.5) is 8.78 Å². The molecular formula is C14H18F2N2S. The maximum atomic E-state index is 13.4. The highest BCUT2D eigenvalue weighted by Gasteiger charge is 2.20. The Morgan fingerprint density at radius 1 is 1.42 bits per heavy atom. The molecule has 1 aliphatic heterocycles. The average Bonchev–Trinajstić information content (AvgIpc) is 2.74. The van der Waals surface area contributed by atoms with Crippen LogP contribution in [0.2, 0.25) is 0 Å². The predicted octanol–water partition coefficient (Wildman–Crippen LogP) is 3.57. The monoisotopic (exact) mass is 284 g/mol. The lowest BCUT2D eigenvalue weighted by Crippen LogP contribution is -2.20. The topological polar surface area (TPSA) is 24.4 Å². The Morgan fingerprint density at radius 3 is 2.89 bits per heavy atom. The van der Waals surface area contributed by atoms with Gasteiger partial charge in [0.25, 0.3) is 0 Å². The molecule has 104 valence electrons. The van der Waals surface area contributed by atoms with E-state index in [-0.39, 0.29) is 0 Å². The summed E-state index contributed by atoms with van der Waals surface area (Å²) in [7, 11) is 0. The van der Waals surface area contributed by atoms with Crippen LogP contribution in [0.25, 0.3) is 0 Å². The number of aliphatic imine (C=N–C) groups is 1. The Bertz CT molecular complexity index is 475. The van der Waals surface area contributed by atoms with Crippen molar-refractivity contribution in [2.45, 2.75) is 32.1 Å². The van der Waals surface area contributed by atoms with Crippen LogP contribution in [0.3, 0.4) is 0 Å². The fourth-order valence-corrected chi connectivity index (χ4v) is 3.25. The molecule has 5 heteroatoms. The molecule has 0 radical (unpaired) electrons. The maximum absolute atomic E-state index is 13.4. The Morgan fingerprint density at radius 2 is 2.21 bits per heavy atom. The van der Waals surface area contributed by atoms with E-state index in [1.165, 1.54) is 12.1 Å². The summed E-state index contributed by atoms with van der Waals surface area (Å²) in [4.78, 5) is 4.40. The minimum absolute atomic E-state index is 0.340. The van der Waals surface area contributed by atoms with Gasteiger partial charge in [0.15, 0.2) is 5.17 Å². The molecule has 0 saturated heterocycles. The van der Waals surface area contributed by atoms with Crippen molar-refractivity contribution in [1.29, 1.82) is 0 Å². The summed E-state index contributed by atoms with van der Waals surface area (Å²) in [5.41, 5.74) is 0.456. The fourth-order valence-electron chi connectivity index (χ4n) is 2.00. The molecule has 0 aliphatic carbocycles. The molecule has 1 atom stereocenters.